The van der Waals surface area contributed by atoms with Crippen LogP contribution in [0, 0.1) is 0 Å². The van der Waals surface area contributed by atoms with Gasteiger partial charge in [-0.1, -0.05) is 42.5 Å². The highest BCUT2D eigenvalue weighted by Crippen LogP contribution is 2.15. The van der Waals surface area contributed by atoms with Crippen LogP contribution in [0.3, 0.4) is 0 Å². The van der Waals surface area contributed by atoms with Crippen molar-refractivity contribution in [1.82, 2.24) is 4.90 Å². The van der Waals surface area contributed by atoms with E-state index in [-0.39, 0.29) is 5.97 Å². The van der Waals surface area contributed by atoms with Gasteiger partial charge in [0.1, 0.15) is 0 Å². The van der Waals surface area contributed by atoms with Gasteiger partial charge in [0.25, 0.3) is 0 Å². The number of aliphatic hydroxyl groups is 1. The summed E-state index contributed by atoms with van der Waals surface area (Å²) in [6.45, 7) is 1.24. The SMILES string of the molecule is COC(=O)c1ccc(CN(C)CC(O)c2ccccc2)cc1. The molecule has 0 aromatic heterocycles. The maximum absolute atomic E-state index is 11.4. The third-order valence-electron chi connectivity index (χ3n) is 3.50. The Kier molecular flexibility index (Phi) is 5.69. The zero-order chi connectivity index (χ0) is 15.9. The summed E-state index contributed by atoms with van der Waals surface area (Å²) in [7, 11) is 3.33. The molecule has 1 unspecified atom stereocenters. The van der Waals surface area contributed by atoms with Crippen molar-refractivity contribution < 1.29 is 14.6 Å². The molecule has 4 nitrogen and oxygen atoms in total. The van der Waals surface area contributed by atoms with Crippen LogP contribution >= 0.6 is 0 Å². The van der Waals surface area contributed by atoms with Crippen molar-refractivity contribution in [2.24, 2.45) is 0 Å². The molecule has 0 spiro atoms. The smallest absolute Gasteiger partial charge is 0.337 e. The Morgan fingerprint density at radius 1 is 1.14 bits per heavy atom. The number of benzene rings is 2. The molecule has 1 N–H and O–H groups in total. The topological polar surface area (TPSA) is 49.8 Å². The summed E-state index contributed by atoms with van der Waals surface area (Å²) in [6.07, 6.45) is -0.513. The van der Waals surface area contributed by atoms with Gasteiger partial charge < -0.3 is 9.84 Å². The number of methoxy groups -OCH3 is 1. The molecule has 0 aliphatic heterocycles. The van der Waals surface area contributed by atoms with Crippen LogP contribution < -0.4 is 0 Å². The molecule has 1 atom stereocenters. The second kappa shape index (κ2) is 7.73. The first-order valence-electron chi connectivity index (χ1n) is 7.19. The van der Waals surface area contributed by atoms with E-state index in [1.807, 2.05) is 54.4 Å². The first kappa shape index (κ1) is 16.2. The number of likely N-dealkylation sites (N-methyl/N-ethyl adjacent to an activating group) is 1. The summed E-state index contributed by atoms with van der Waals surface area (Å²) in [5.74, 6) is -0.334. The molecule has 2 aromatic rings. The minimum Gasteiger partial charge on any atom is -0.465 e. The van der Waals surface area contributed by atoms with E-state index in [9.17, 15) is 9.90 Å². The molecule has 0 saturated heterocycles. The molecule has 0 fully saturated rings. The standard InChI is InChI=1S/C18H21NO3/c1-19(13-17(20)15-6-4-3-5-7-15)12-14-8-10-16(11-9-14)18(21)22-2/h3-11,17,20H,12-13H2,1-2H3. The number of carbonyl (C=O) groups excluding carboxylic acids is 1. The zero-order valence-corrected chi connectivity index (χ0v) is 12.9. The lowest BCUT2D eigenvalue weighted by Gasteiger charge is -2.21. The lowest BCUT2D eigenvalue weighted by molar-refractivity contribution is 0.0600. The predicted molar refractivity (Wildman–Crippen MR) is 85.5 cm³/mol. The van der Waals surface area contributed by atoms with Gasteiger partial charge in [0.05, 0.1) is 18.8 Å². The Morgan fingerprint density at radius 2 is 1.77 bits per heavy atom. The maximum atomic E-state index is 11.4. The summed E-state index contributed by atoms with van der Waals surface area (Å²) in [4.78, 5) is 13.4. The van der Waals surface area contributed by atoms with Crippen LogP contribution in [0.15, 0.2) is 54.6 Å². The number of aliphatic hydroxyl groups excluding tert-OH is 1. The van der Waals surface area contributed by atoms with E-state index in [1.54, 1.807) is 12.1 Å². The van der Waals surface area contributed by atoms with Crippen LogP contribution in [0.2, 0.25) is 0 Å². The molecule has 0 radical (unpaired) electrons. The van der Waals surface area contributed by atoms with Crippen LogP contribution in [0.5, 0.6) is 0 Å². The Balaban J connectivity index is 1.91. The molecule has 0 amide bonds. The fourth-order valence-corrected chi connectivity index (χ4v) is 2.32. The Bertz CT molecular complexity index is 595. The summed E-state index contributed by atoms with van der Waals surface area (Å²) in [5.41, 5.74) is 2.53. The second-order valence-electron chi connectivity index (χ2n) is 5.31. The van der Waals surface area contributed by atoms with E-state index in [1.165, 1.54) is 7.11 Å². The normalized spacial score (nSPS) is 12.2. The lowest BCUT2D eigenvalue weighted by atomic mass is 10.1. The van der Waals surface area contributed by atoms with Gasteiger partial charge in [0.2, 0.25) is 0 Å². The molecule has 0 aliphatic rings. The maximum Gasteiger partial charge on any atom is 0.337 e. The Morgan fingerprint density at radius 3 is 2.36 bits per heavy atom. The number of rotatable bonds is 6. The molecule has 0 saturated carbocycles. The van der Waals surface area contributed by atoms with Crippen molar-refractivity contribution in [3.63, 3.8) is 0 Å². The quantitative estimate of drug-likeness (QED) is 0.833. The van der Waals surface area contributed by atoms with E-state index < -0.39 is 6.10 Å². The van der Waals surface area contributed by atoms with Gasteiger partial charge in [-0.2, -0.15) is 0 Å². The molecule has 0 bridgehead atoms. The zero-order valence-electron chi connectivity index (χ0n) is 12.9. The van der Waals surface area contributed by atoms with Crippen molar-refractivity contribution >= 4 is 5.97 Å². The van der Waals surface area contributed by atoms with Crippen LogP contribution in [-0.2, 0) is 11.3 Å². The highest BCUT2D eigenvalue weighted by molar-refractivity contribution is 5.89. The molecular weight excluding hydrogens is 278 g/mol. The third-order valence-corrected chi connectivity index (χ3v) is 3.50. The number of nitrogens with zero attached hydrogens (tertiary/aromatic N) is 1. The fourth-order valence-electron chi connectivity index (χ4n) is 2.32. The summed E-state index contributed by atoms with van der Waals surface area (Å²) in [6, 6.07) is 16.9. The molecule has 4 heteroatoms. The monoisotopic (exact) mass is 299 g/mol. The number of hydrogen-bond donors (Lipinski definition) is 1. The minimum atomic E-state index is -0.513. The summed E-state index contributed by atoms with van der Waals surface area (Å²) < 4.78 is 4.68. The summed E-state index contributed by atoms with van der Waals surface area (Å²) >= 11 is 0. The first-order valence-corrected chi connectivity index (χ1v) is 7.19. The highest BCUT2D eigenvalue weighted by Gasteiger charge is 2.11. The van der Waals surface area contributed by atoms with Gasteiger partial charge in [-0.15, -0.1) is 0 Å². The molecule has 22 heavy (non-hydrogen) atoms. The van der Waals surface area contributed by atoms with Crippen molar-refractivity contribution in [3.8, 4) is 0 Å². The molecule has 0 heterocycles. The van der Waals surface area contributed by atoms with Gasteiger partial charge in [-0.05, 0) is 30.3 Å². The van der Waals surface area contributed by atoms with Gasteiger partial charge in [-0.25, -0.2) is 4.79 Å². The number of carbonyl (C=O) groups is 1. The third kappa shape index (κ3) is 4.41. The number of hydrogen-bond acceptors (Lipinski definition) is 4. The second-order valence-corrected chi connectivity index (χ2v) is 5.31. The fraction of sp³-hybridized carbons (Fsp3) is 0.278. The van der Waals surface area contributed by atoms with Crippen LogP contribution in [-0.4, -0.2) is 36.7 Å². The first-order chi connectivity index (χ1) is 10.6. The minimum absolute atomic E-state index is 0.334. The number of ether oxygens (including phenoxy) is 1. The van der Waals surface area contributed by atoms with Crippen molar-refractivity contribution in [3.05, 3.63) is 71.3 Å². The highest BCUT2D eigenvalue weighted by atomic mass is 16.5. The van der Waals surface area contributed by atoms with Crippen molar-refractivity contribution in [2.75, 3.05) is 20.7 Å². The molecule has 116 valence electrons. The largest absolute Gasteiger partial charge is 0.465 e. The van der Waals surface area contributed by atoms with E-state index in [2.05, 4.69) is 4.74 Å². The Hall–Kier alpha value is -2.17. The van der Waals surface area contributed by atoms with Gasteiger partial charge in [0, 0.05) is 13.1 Å². The van der Waals surface area contributed by atoms with Crippen molar-refractivity contribution in [1.29, 1.82) is 0 Å². The van der Waals surface area contributed by atoms with Crippen LogP contribution in [0.4, 0.5) is 0 Å². The predicted octanol–water partition coefficient (Wildman–Crippen LogP) is 2.64. The molecule has 2 rings (SSSR count). The average molecular weight is 299 g/mol. The van der Waals surface area contributed by atoms with E-state index in [0.29, 0.717) is 18.7 Å². The van der Waals surface area contributed by atoms with Gasteiger partial charge in [0.15, 0.2) is 0 Å². The van der Waals surface area contributed by atoms with Crippen LogP contribution in [0.1, 0.15) is 27.6 Å². The van der Waals surface area contributed by atoms with E-state index in [4.69, 9.17) is 0 Å². The van der Waals surface area contributed by atoms with Gasteiger partial charge in [-0.3, -0.25) is 4.90 Å². The van der Waals surface area contributed by atoms with E-state index >= 15 is 0 Å². The molecule has 2 aromatic carbocycles. The molecular formula is C18H21NO3. The molecule has 0 aliphatic carbocycles. The van der Waals surface area contributed by atoms with Gasteiger partial charge >= 0.3 is 5.97 Å². The van der Waals surface area contributed by atoms with E-state index in [0.717, 1.165) is 11.1 Å². The lowest BCUT2D eigenvalue weighted by Crippen LogP contribution is -2.24. The summed E-state index contributed by atoms with van der Waals surface area (Å²) in [5, 5.41) is 10.2. The van der Waals surface area contributed by atoms with Crippen LogP contribution in [0.25, 0.3) is 0 Å². The number of esters is 1. The van der Waals surface area contributed by atoms with Crippen molar-refractivity contribution in [2.45, 2.75) is 12.6 Å². The average Bonchev–Trinajstić information content (AvgIpc) is 2.55. The Labute approximate surface area is 131 Å².